The third kappa shape index (κ3) is 4.56. The number of nitrogens with one attached hydrogen (secondary N) is 1. The number of amides is 3. The van der Waals surface area contributed by atoms with Gasteiger partial charge >= 0.3 is 0 Å². The molecule has 0 aromatic heterocycles. The van der Waals surface area contributed by atoms with Crippen LogP contribution in [0.15, 0.2) is 53.4 Å². The molecule has 1 N–H and O–H groups in total. The van der Waals surface area contributed by atoms with Crippen LogP contribution in [0.1, 0.15) is 18.4 Å². The molecule has 0 bridgehead atoms. The quantitative estimate of drug-likeness (QED) is 0.472. The van der Waals surface area contributed by atoms with Crippen LogP contribution in [0.3, 0.4) is 0 Å². The summed E-state index contributed by atoms with van der Waals surface area (Å²) in [6.45, 7) is 0.868. The smallest absolute Gasteiger partial charge is 0.267 e. The zero-order valence-corrected chi connectivity index (χ0v) is 20.6. The second-order valence-corrected chi connectivity index (χ2v) is 9.95. The van der Waals surface area contributed by atoms with Crippen LogP contribution in [0, 0.1) is 0 Å². The number of hydrogen-bond donors (Lipinski definition) is 1. The third-order valence-electron chi connectivity index (χ3n) is 6.09. The van der Waals surface area contributed by atoms with E-state index in [0.29, 0.717) is 45.1 Å². The maximum atomic E-state index is 13.5. The Kier molecular flexibility index (Phi) is 6.59. The van der Waals surface area contributed by atoms with E-state index in [4.69, 9.17) is 21.7 Å². The Morgan fingerprint density at radius 3 is 2.63 bits per heavy atom. The van der Waals surface area contributed by atoms with Crippen molar-refractivity contribution in [1.29, 1.82) is 0 Å². The Morgan fingerprint density at radius 2 is 1.91 bits per heavy atom. The van der Waals surface area contributed by atoms with E-state index in [1.807, 2.05) is 0 Å². The molecule has 2 aromatic rings. The predicted molar refractivity (Wildman–Crippen MR) is 138 cm³/mol. The van der Waals surface area contributed by atoms with Crippen molar-refractivity contribution in [2.24, 2.45) is 0 Å². The van der Waals surface area contributed by atoms with Crippen LogP contribution in [0.2, 0.25) is 0 Å². The molecule has 3 aliphatic rings. The highest BCUT2D eigenvalue weighted by atomic mass is 32.2. The topological polar surface area (TPSA) is 88.2 Å². The fraction of sp³-hybridized carbons (Fsp3) is 0.280. The summed E-state index contributed by atoms with van der Waals surface area (Å²) in [7, 11) is 1.57. The lowest BCUT2D eigenvalue weighted by Crippen LogP contribution is -2.36. The van der Waals surface area contributed by atoms with Crippen molar-refractivity contribution in [3.05, 3.63) is 59.0 Å². The van der Waals surface area contributed by atoms with Crippen molar-refractivity contribution >= 4 is 63.0 Å². The van der Waals surface area contributed by atoms with Gasteiger partial charge in [0.2, 0.25) is 5.91 Å². The number of para-hydroxylation sites is 1. The van der Waals surface area contributed by atoms with E-state index in [1.165, 1.54) is 9.80 Å². The standard InChI is InChI=1S/C25H23N3O5S2/c1-32-16-10-8-15(9-11-16)26-20(29)14-27-19-7-3-2-6-18(19)21(23(27)30)22-24(31)28(25(34)35-22)13-17-5-4-12-33-17/h2-3,6-11,17H,4-5,12-14H2,1H3,(H,26,29)/b22-21-/t17-/m0/s1. The number of thiocarbonyl (C=S) groups is 1. The maximum Gasteiger partial charge on any atom is 0.267 e. The Hall–Kier alpha value is -3.21. The Labute approximate surface area is 212 Å². The number of carbonyl (C=O) groups excluding carboxylic acids is 3. The van der Waals surface area contributed by atoms with Crippen molar-refractivity contribution in [3.8, 4) is 5.75 Å². The van der Waals surface area contributed by atoms with Crippen LogP contribution in [0.4, 0.5) is 11.4 Å². The summed E-state index contributed by atoms with van der Waals surface area (Å²) < 4.78 is 11.2. The van der Waals surface area contributed by atoms with Crippen LogP contribution < -0.4 is 15.0 Å². The molecule has 8 nitrogen and oxygen atoms in total. The zero-order valence-electron chi connectivity index (χ0n) is 19.0. The molecule has 0 aliphatic carbocycles. The zero-order chi connectivity index (χ0) is 24.5. The first-order valence-corrected chi connectivity index (χ1v) is 12.4. The van der Waals surface area contributed by atoms with Crippen LogP contribution in [-0.4, -0.2) is 59.9 Å². The minimum absolute atomic E-state index is 0.0495. The molecule has 2 saturated heterocycles. The van der Waals surface area contributed by atoms with Gasteiger partial charge < -0.3 is 14.8 Å². The SMILES string of the molecule is COc1ccc(NC(=O)CN2C(=O)/C(=C3\SC(=S)N(C[C@@H]4CCCO4)C3=O)c3ccccc32)cc1. The molecule has 1 atom stereocenters. The van der Waals surface area contributed by atoms with E-state index in [2.05, 4.69) is 5.32 Å². The fourth-order valence-corrected chi connectivity index (χ4v) is 5.72. The summed E-state index contributed by atoms with van der Waals surface area (Å²) in [5.41, 5.74) is 2.07. The highest BCUT2D eigenvalue weighted by molar-refractivity contribution is 8.26. The molecule has 5 rings (SSSR count). The molecule has 0 unspecified atom stereocenters. The molecule has 2 fully saturated rings. The lowest BCUT2D eigenvalue weighted by Gasteiger charge is -2.18. The molecule has 0 saturated carbocycles. The van der Waals surface area contributed by atoms with Crippen molar-refractivity contribution in [2.45, 2.75) is 18.9 Å². The van der Waals surface area contributed by atoms with E-state index < -0.39 is 5.91 Å². The number of benzene rings is 2. The van der Waals surface area contributed by atoms with Gasteiger partial charge in [-0.05, 0) is 43.2 Å². The van der Waals surface area contributed by atoms with Gasteiger partial charge in [0, 0.05) is 17.9 Å². The molecule has 10 heteroatoms. The molecule has 0 spiro atoms. The number of rotatable bonds is 6. The average Bonchev–Trinajstić information content (AvgIpc) is 3.54. The highest BCUT2D eigenvalue weighted by Gasteiger charge is 2.43. The Bertz CT molecular complexity index is 1240. The van der Waals surface area contributed by atoms with Crippen molar-refractivity contribution < 1.29 is 23.9 Å². The molecule has 35 heavy (non-hydrogen) atoms. The summed E-state index contributed by atoms with van der Waals surface area (Å²) in [4.78, 5) is 42.9. The van der Waals surface area contributed by atoms with E-state index in [0.717, 1.165) is 24.6 Å². The van der Waals surface area contributed by atoms with Crippen molar-refractivity contribution in [2.75, 3.05) is 37.0 Å². The number of nitrogens with zero attached hydrogens (tertiary/aromatic N) is 2. The van der Waals surface area contributed by atoms with Crippen LogP contribution in [-0.2, 0) is 19.1 Å². The molecule has 0 radical (unpaired) electrons. The van der Waals surface area contributed by atoms with Crippen molar-refractivity contribution in [3.63, 3.8) is 0 Å². The summed E-state index contributed by atoms with van der Waals surface area (Å²) in [5, 5.41) is 2.80. The van der Waals surface area contributed by atoms with Gasteiger partial charge in [-0.25, -0.2) is 0 Å². The molecular formula is C25H23N3O5S2. The first-order valence-electron chi connectivity index (χ1n) is 11.2. The second-order valence-electron chi connectivity index (χ2n) is 8.31. The van der Waals surface area contributed by atoms with Crippen molar-refractivity contribution in [1.82, 2.24) is 4.90 Å². The van der Waals surface area contributed by atoms with Gasteiger partial charge in [0.1, 0.15) is 16.6 Å². The van der Waals surface area contributed by atoms with E-state index in [9.17, 15) is 14.4 Å². The fourth-order valence-electron chi connectivity index (χ4n) is 4.37. The summed E-state index contributed by atoms with van der Waals surface area (Å²) >= 11 is 6.60. The molecule has 2 aromatic carbocycles. The number of fused-ring (bicyclic) bond motifs is 1. The molecule has 3 amide bonds. The third-order valence-corrected chi connectivity index (χ3v) is 7.53. The van der Waals surface area contributed by atoms with Gasteiger partial charge in [0.05, 0.1) is 35.9 Å². The number of ether oxygens (including phenoxy) is 2. The number of thioether (sulfide) groups is 1. The van der Waals surface area contributed by atoms with Crippen LogP contribution in [0.25, 0.3) is 5.57 Å². The lowest BCUT2D eigenvalue weighted by molar-refractivity contribution is -0.123. The first-order chi connectivity index (χ1) is 17.0. The Morgan fingerprint density at radius 1 is 1.14 bits per heavy atom. The van der Waals surface area contributed by atoms with Gasteiger partial charge in [0.25, 0.3) is 11.8 Å². The number of anilines is 2. The van der Waals surface area contributed by atoms with Gasteiger partial charge in [-0.3, -0.25) is 24.2 Å². The van der Waals surface area contributed by atoms with Crippen LogP contribution in [0.5, 0.6) is 5.75 Å². The summed E-state index contributed by atoms with van der Waals surface area (Å²) in [6, 6.07) is 14.1. The predicted octanol–water partition coefficient (Wildman–Crippen LogP) is 3.43. The Balaban J connectivity index is 1.39. The monoisotopic (exact) mass is 509 g/mol. The van der Waals surface area contributed by atoms with Gasteiger partial charge in [-0.15, -0.1) is 0 Å². The molecule has 3 aliphatic heterocycles. The maximum absolute atomic E-state index is 13.5. The first kappa shape index (κ1) is 23.5. The minimum atomic E-state index is -0.395. The number of methoxy groups -OCH3 is 1. The summed E-state index contributed by atoms with van der Waals surface area (Å²) in [5.74, 6) is -0.370. The lowest BCUT2D eigenvalue weighted by atomic mass is 10.1. The second kappa shape index (κ2) is 9.80. The average molecular weight is 510 g/mol. The number of hydrogen-bond acceptors (Lipinski definition) is 7. The molecular weight excluding hydrogens is 486 g/mol. The van der Waals surface area contributed by atoms with E-state index >= 15 is 0 Å². The summed E-state index contributed by atoms with van der Waals surface area (Å²) in [6.07, 6.45) is 1.79. The largest absolute Gasteiger partial charge is 0.497 e. The van der Waals surface area contributed by atoms with E-state index in [-0.39, 0.29) is 30.0 Å². The normalized spacial score (nSPS) is 21.6. The molecule has 3 heterocycles. The van der Waals surface area contributed by atoms with Gasteiger partial charge in [-0.2, -0.15) is 0 Å². The van der Waals surface area contributed by atoms with Gasteiger partial charge in [0.15, 0.2) is 0 Å². The molecule has 180 valence electrons. The van der Waals surface area contributed by atoms with Crippen LogP contribution >= 0.6 is 24.0 Å². The minimum Gasteiger partial charge on any atom is -0.497 e. The van der Waals surface area contributed by atoms with Gasteiger partial charge in [-0.1, -0.05) is 42.2 Å². The highest BCUT2D eigenvalue weighted by Crippen LogP contribution is 2.44. The number of carbonyl (C=O) groups is 3. The van der Waals surface area contributed by atoms with E-state index in [1.54, 1.807) is 55.6 Å².